The van der Waals surface area contributed by atoms with Crippen LogP contribution >= 0.6 is 0 Å². The Hall–Kier alpha value is -3.15. The van der Waals surface area contributed by atoms with Gasteiger partial charge in [-0.1, -0.05) is 93.6 Å². The Morgan fingerprint density at radius 3 is 2.00 bits per heavy atom. The first kappa shape index (κ1) is 24.2. The third kappa shape index (κ3) is 4.24. The van der Waals surface area contributed by atoms with Gasteiger partial charge in [-0.05, 0) is 38.8 Å². The Morgan fingerprint density at radius 1 is 0.919 bits per heavy atom. The number of fused-ring (bicyclic) bond motifs is 5. The summed E-state index contributed by atoms with van der Waals surface area (Å²) >= 11 is 0. The van der Waals surface area contributed by atoms with Crippen molar-refractivity contribution in [3.63, 3.8) is 0 Å². The highest BCUT2D eigenvalue weighted by atomic mass is 16.6. The van der Waals surface area contributed by atoms with Crippen molar-refractivity contribution in [2.75, 3.05) is 19.8 Å². The SMILES string of the molecule is CC(C)(C)c1ccc(C2(O)CC3COCC(C2)N3C(=O)OCC2c3ccccc3-c3ccccc32)cc1. The van der Waals surface area contributed by atoms with Crippen LogP contribution in [0.2, 0.25) is 0 Å². The maximum atomic E-state index is 13.5. The van der Waals surface area contributed by atoms with Crippen molar-refractivity contribution in [1.82, 2.24) is 4.90 Å². The molecule has 2 bridgehead atoms. The van der Waals surface area contributed by atoms with E-state index in [-0.39, 0.29) is 29.5 Å². The molecule has 3 aliphatic rings. The molecule has 192 valence electrons. The van der Waals surface area contributed by atoms with Gasteiger partial charge in [0, 0.05) is 18.8 Å². The minimum absolute atomic E-state index is 0.0236. The van der Waals surface area contributed by atoms with Crippen molar-refractivity contribution >= 4 is 6.09 Å². The minimum Gasteiger partial charge on any atom is -0.448 e. The predicted octanol–water partition coefficient (Wildman–Crippen LogP) is 5.98. The predicted molar refractivity (Wildman–Crippen MR) is 144 cm³/mol. The molecule has 1 aliphatic carbocycles. The summed E-state index contributed by atoms with van der Waals surface area (Å²) < 4.78 is 11.8. The van der Waals surface area contributed by atoms with Crippen LogP contribution in [-0.2, 0) is 20.5 Å². The van der Waals surface area contributed by atoms with Gasteiger partial charge in [-0.2, -0.15) is 0 Å². The lowest BCUT2D eigenvalue weighted by molar-refractivity contribution is -0.136. The smallest absolute Gasteiger partial charge is 0.410 e. The number of rotatable bonds is 3. The molecular weight excluding hydrogens is 462 g/mol. The molecule has 3 aromatic carbocycles. The van der Waals surface area contributed by atoms with Gasteiger partial charge in [0.1, 0.15) is 6.61 Å². The van der Waals surface area contributed by atoms with Gasteiger partial charge in [0.25, 0.3) is 0 Å². The first-order valence-corrected chi connectivity index (χ1v) is 13.3. The number of morpholine rings is 1. The Labute approximate surface area is 219 Å². The molecule has 5 nitrogen and oxygen atoms in total. The van der Waals surface area contributed by atoms with Crippen molar-refractivity contribution in [2.45, 2.75) is 62.6 Å². The fourth-order valence-electron chi connectivity index (χ4n) is 6.46. The van der Waals surface area contributed by atoms with Gasteiger partial charge in [0.05, 0.1) is 30.9 Å². The second-order valence-electron chi connectivity index (χ2n) is 11.8. The number of carbonyl (C=O) groups excluding carboxylic acids is 1. The van der Waals surface area contributed by atoms with Crippen LogP contribution in [0.1, 0.15) is 61.8 Å². The standard InChI is InChI=1S/C32H35NO4/c1-31(2,3)21-12-14-22(15-13-21)32(35)16-23-18-36-19-24(17-32)33(23)30(34)37-20-29-27-10-6-4-8-25(27)26-9-5-7-11-28(26)29/h4-15,23-24,29,35H,16-20H2,1-3H3. The second-order valence-corrected chi connectivity index (χ2v) is 11.8. The number of aliphatic hydroxyl groups is 1. The molecule has 1 amide bonds. The molecule has 3 aromatic rings. The number of nitrogens with zero attached hydrogens (tertiary/aromatic N) is 1. The topological polar surface area (TPSA) is 59.0 Å². The first-order chi connectivity index (χ1) is 17.7. The molecule has 2 unspecified atom stereocenters. The molecule has 5 heteroatoms. The van der Waals surface area contributed by atoms with E-state index in [4.69, 9.17) is 9.47 Å². The first-order valence-electron chi connectivity index (χ1n) is 13.3. The Kier molecular flexibility index (Phi) is 5.89. The van der Waals surface area contributed by atoms with Crippen molar-refractivity contribution in [1.29, 1.82) is 0 Å². The highest BCUT2D eigenvalue weighted by Crippen LogP contribution is 2.45. The van der Waals surface area contributed by atoms with Gasteiger partial charge >= 0.3 is 6.09 Å². The van der Waals surface area contributed by atoms with Crippen LogP contribution in [0.15, 0.2) is 72.8 Å². The number of piperidine rings is 1. The number of hydrogen-bond donors (Lipinski definition) is 1. The summed E-state index contributed by atoms with van der Waals surface area (Å²) in [6, 6.07) is 24.6. The molecule has 0 saturated carbocycles. The van der Waals surface area contributed by atoms with Gasteiger partial charge in [0.2, 0.25) is 0 Å². The molecule has 2 fully saturated rings. The lowest BCUT2D eigenvalue weighted by Gasteiger charge is -2.51. The van der Waals surface area contributed by atoms with Crippen molar-refractivity contribution < 1.29 is 19.4 Å². The molecule has 6 rings (SSSR count). The third-order valence-electron chi connectivity index (χ3n) is 8.39. The summed E-state index contributed by atoms with van der Waals surface area (Å²) in [5, 5.41) is 11.7. The molecule has 2 saturated heterocycles. The maximum absolute atomic E-state index is 13.5. The van der Waals surface area contributed by atoms with E-state index < -0.39 is 5.60 Å². The monoisotopic (exact) mass is 497 g/mol. The van der Waals surface area contributed by atoms with E-state index in [2.05, 4.69) is 69.3 Å². The van der Waals surface area contributed by atoms with Crippen LogP contribution in [0.25, 0.3) is 11.1 Å². The molecule has 2 heterocycles. The van der Waals surface area contributed by atoms with Crippen molar-refractivity contribution in [3.8, 4) is 11.1 Å². The zero-order valence-electron chi connectivity index (χ0n) is 21.8. The zero-order valence-corrected chi connectivity index (χ0v) is 21.8. The van der Waals surface area contributed by atoms with Crippen molar-refractivity contribution in [3.05, 3.63) is 95.1 Å². The Bertz CT molecular complexity index is 1250. The zero-order chi connectivity index (χ0) is 25.8. The summed E-state index contributed by atoms with van der Waals surface area (Å²) in [4.78, 5) is 15.3. The third-order valence-corrected chi connectivity index (χ3v) is 8.39. The van der Waals surface area contributed by atoms with Gasteiger partial charge in [-0.15, -0.1) is 0 Å². The lowest BCUT2D eigenvalue weighted by atomic mass is 9.76. The van der Waals surface area contributed by atoms with E-state index in [1.165, 1.54) is 27.8 Å². The number of benzene rings is 3. The van der Waals surface area contributed by atoms with Gasteiger partial charge in [-0.3, -0.25) is 4.90 Å². The van der Waals surface area contributed by atoms with Crippen LogP contribution in [-0.4, -0.2) is 48.0 Å². The molecule has 0 spiro atoms. The van der Waals surface area contributed by atoms with Crippen LogP contribution in [0.4, 0.5) is 4.79 Å². The summed E-state index contributed by atoms with van der Waals surface area (Å²) in [5.74, 6) is 0.0236. The summed E-state index contributed by atoms with van der Waals surface area (Å²) in [6.45, 7) is 7.66. The fraction of sp³-hybridized carbons (Fsp3) is 0.406. The lowest BCUT2D eigenvalue weighted by Crippen LogP contribution is -2.62. The van der Waals surface area contributed by atoms with Gasteiger partial charge < -0.3 is 14.6 Å². The molecule has 0 aromatic heterocycles. The van der Waals surface area contributed by atoms with Crippen molar-refractivity contribution in [2.24, 2.45) is 0 Å². The van der Waals surface area contributed by atoms with E-state index in [1.807, 2.05) is 29.2 Å². The molecule has 2 aliphatic heterocycles. The summed E-state index contributed by atoms with van der Waals surface area (Å²) in [7, 11) is 0. The Morgan fingerprint density at radius 2 is 1.46 bits per heavy atom. The highest BCUT2D eigenvalue weighted by Gasteiger charge is 2.49. The quantitative estimate of drug-likeness (QED) is 0.483. The number of carbonyl (C=O) groups is 1. The fourth-order valence-corrected chi connectivity index (χ4v) is 6.46. The summed E-state index contributed by atoms with van der Waals surface area (Å²) in [6.07, 6.45) is 0.552. The van der Waals surface area contributed by atoms with E-state index in [1.54, 1.807) is 0 Å². The molecule has 37 heavy (non-hydrogen) atoms. The number of hydrogen-bond acceptors (Lipinski definition) is 4. The molecule has 1 N–H and O–H groups in total. The normalized spacial score (nSPS) is 24.9. The average molecular weight is 498 g/mol. The average Bonchev–Trinajstić information content (AvgIpc) is 3.20. The second kappa shape index (κ2) is 9.00. The van der Waals surface area contributed by atoms with E-state index in [9.17, 15) is 9.90 Å². The van der Waals surface area contributed by atoms with E-state index in [0.717, 1.165) is 5.56 Å². The minimum atomic E-state index is -0.990. The van der Waals surface area contributed by atoms with Crippen LogP contribution in [0.5, 0.6) is 0 Å². The molecule has 0 radical (unpaired) electrons. The van der Waals surface area contributed by atoms with E-state index >= 15 is 0 Å². The maximum Gasteiger partial charge on any atom is 0.410 e. The number of amides is 1. The highest BCUT2D eigenvalue weighted by molar-refractivity contribution is 5.79. The van der Waals surface area contributed by atoms with Gasteiger partial charge in [-0.25, -0.2) is 4.79 Å². The van der Waals surface area contributed by atoms with Crippen LogP contribution in [0.3, 0.4) is 0 Å². The largest absolute Gasteiger partial charge is 0.448 e. The van der Waals surface area contributed by atoms with E-state index in [0.29, 0.717) is 32.7 Å². The van der Waals surface area contributed by atoms with Crippen LogP contribution in [0, 0.1) is 0 Å². The number of ether oxygens (including phenoxy) is 2. The molecular formula is C32H35NO4. The van der Waals surface area contributed by atoms with Gasteiger partial charge in [0.15, 0.2) is 0 Å². The molecule has 2 atom stereocenters. The van der Waals surface area contributed by atoms with Crippen LogP contribution < -0.4 is 0 Å². The Balaban J connectivity index is 1.18. The summed E-state index contributed by atoms with van der Waals surface area (Å²) in [5.41, 5.74) is 6.03.